The van der Waals surface area contributed by atoms with Gasteiger partial charge in [0.15, 0.2) is 0 Å². The maximum atomic E-state index is 2.45. The molecule has 0 radical (unpaired) electrons. The van der Waals surface area contributed by atoms with E-state index in [-0.39, 0.29) is 0 Å². The summed E-state index contributed by atoms with van der Waals surface area (Å²) in [5.41, 5.74) is 0. The fraction of sp³-hybridized carbons (Fsp3) is 1.00. The van der Waals surface area contributed by atoms with Gasteiger partial charge >= 0.3 is 0 Å². The van der Waals surface area contributed by atoms with Gasteiger partial charge in [-0.2, -0.15) is 0 Å². The van der Waals surface area contributed by atoms with Gasteiger partial charge in [0.1, 0.15) is 0 Å². The molecule has 0 aromatic carbocycles. The lowest BCUT2D eigenvalue weighted by atomic mass is 9.85. The summed E-state index contributed by atoms with van der Waals surface area (Å²) >= 11 is 0. The second kappa shape index (κ2) is 12.1. The Morgan fingerprint density at radius 2 is 1.11 bits per heavy atom. The number of unbranched alkanes of at least 4 members (excludes halogenated alkanes) is 7. The van der Waals surface area contributed by atoms with Gasteiger partial charge in [0, 0.05) is 0 Å². The maximum Gasteiger partial charge on any atom is -0.0415 e. The molecule has 0 aliphatic carbocycles. The molecule has 0 saturated heterocycles. The number of hydrogen-bond acceptors (Lipinski definition) is 0. The minimum atomic E-state index is 0.862. The standard InChI is InChI=1S/C18H38/c1-6-7-8-9-10-11-12-13-14-17(4)18(5)15-16(2)3/h16-18H,6-15H2,1-5H3. The third-order valence-corrected chi connectivity index (χ3v) is 4.33. The molecule has 0 fully saturated rings. The molecule has 0 aliphatic rings. The molecule has 0 heterocycles. The Morgan fingerprint density at radius 3 is 1.61 bits per heavy atom. The minimum absolute atomic E-state index is 0.862. The summed E-state index contributed by atoms with van der Waals surface area (Å²) in [6.45, 7) is 11.9. The van der Waals surface area contributed by atoms with Crippen molar-refractivity contribution in [2.45, 2.75) is 98.8 Å². The predicted octanol–water partition coefficient (Wildman–Crippen LogP) is 6.84. The van der Waals surface area contributed by atoms with Crippen LogP contribution in [0.5, 0.6) is 0 Å². The van der Waals surface area contributed by atoms with E-state index in [9.17, 15) is 0 Å². The first-order chi connectivity index (χ1) is 8.57. The molecule has 0 aliphatic heterocycles. The van der Waals surface area contributed by atoms with E-state index >= 15 is 0 Å². The van der Waals surface area contributed by atoms with E-state index in [4.69, 9.17) is 0 Å². The molecule has 0 nitrogen and oxygen atoms in total. The predicted molar refractivity (Wildman–Crippen MR) is 85.0 cm³/mol. The van der Waals surface area contributed by atoms with Gasteiger partial charge in [-0.15, -0.1) is 0 Å². The third kappa shape index (κ3) is 11.1. The van der Waals surface area contributed by atoms with Crippen LogP contribution < -0.4 is 0 Å². The van der Waals surface area contributed by atoms with Crippen molar-refractivity contribution in [3.63, 3.8) is 0 Å². The second-order valence-corrected chi connectivity index (χ2v) is 6.85. The normalized spacial score (nSPS) is 15.0. The van der Waals surface area contributed by atoms with Crippen LogP contribution in [0.3, 0.4) is 0 Å². The number of hydrogen-bond donors (Lipinski definition) is 0. The molecule has 2 atom stereocenters. The van der Waals surface area contributed by atoms with Crippen molar-refractivity contribution in [1.29, 1.82) is 0 Å². The average Bonchev–Trinajstić information content (AvgIpc) is 2.31. The fourth-order valence-corrected chi connectivity index (χ4v) is 2.86. The summed E-state index contributed by atoms with van der Waals surface area (Å²) in [5, 5.41) is 0. The lowest BCUT2D eigenvalue weighted by molar-refractivity contribution is 0.300. The van der Waals surface area contributed by atoms with Crippen molar-refractivity contribution < 1.29 is 0 Å². The van der Waals surface area contributed by atoms with Crippen LogP contribution in [-0.2, 0) is 0 Å². The van der Waals surface area contributed by atoms with Crippen LogP contribution in [0, 0.1) is 17.8 Å². The Hall–Kier alpha value is 0. The maximum absolute atomic E-state index is 2.45. The SMILES string of the molecule is CCCCCCCCCCC(C)C(C)CC(C)C. The van der Waals surface area contributed by atoms with Crippen LogP contribution in [0.25, 0.3) is 0 Å². The lowest BCUT2D eigenvalue weighted by Gasteiger charge is -2.21. The Kier molecular flexibility index (Phi) is 12.1. The summed E-state index contributed by atoms with van der Waals surface area (Å²) in [6.07, 6.45) is 14.4. The van der Waals surface area contributed by atoms with Gasteiger partial charge in [-0.3, -0.25) is 0 Å². The molecule has 0 saturated carbocycles. The van der Waals surface area contributed by atoms with Crippen LogP contribution in [0.15, 0.2) is 0 Å². The Morgan fingerprint density at radius 1 is 0.611 bits per heavy atom. The molecule has 0 spiro atoms. The van der Waals surface area contributed by atoms with E-state index in [1.54, 1.807) is 0 Å². The molecule has 18 heavy (non-hydrogen) atoms. The van der Waals surface area contributed by atoms with E-state index in [0.717, 1.165) is 17.8 Å². The van der Waals surface area contributed by atoms with Crippen molar-refractivity contribution in [1.82, 2.24) is 0 Å². The Labute approximate surface area is 117 Å². The monoisotopic (exact) mass is 254 g/mol. The van der Waals surface area contributed by atoms with Gasteiger partial charge in [-0.25, -0.2) is 0 Å². The average molecular weight is 255 g/mol. The van der Waals surface area contributed by atoms with Crippen LogP contribution in [-0.4, -0.2) is 0 Å². The van der Waals surface area contributed by atoms with E-state index < -0.39 is 0 Å². The summed E-state index contributed by atoms with van der Waals surface area (Å²) in [5.74, 6) is 2.70. The van der Waals surface area contributed by atoms with Gasteiger partial charge in [0.2, 0.25) is 0 Å². The zero-order valence-corrected chi connectivity index (χ0v) is 13.8. The Bertz CT molecular complexity index is 159. The molecule has 0 aromatic heterocycles. The van der Waals surface area contributed by atoms with Crippen molar-refractivity contribution >= 4 is 0 Å². The largest absolute Gasteiger partial charge is 0.0654 e. The molecular weight excluding hydrogens is 216 g/mol. The van der Waals surface area contributed by atoms with Crippen LogP contribution in [0.4, 0.5) is 0 Å². The molecule has 0 amide bonds. The molecule has 2 unspecified atom stereocenters. The summed E-state index contributed by atoms with van der Waals surface area (Å²) in [6, 6.07) is 0. The molecule has 110 valence electrons. The van der Waals surface area contributed by atoms with Gasteiger partial charge < -0.3 is 0 Å². The summed E-state index contributed by atoms with van der Waals surface area (Å²) in [4.78, 5) is 0. The molecule has 0 rings (SSSR count). The van der Waals surface area contributed by atoms with Crippen molar-refractivity contribution in [2.24, 2.45) is 17.8 Å². The fourth-order valence-electron chi connectivity index (χ4n) is 2.86. The van der Waals surface area contributed by atoms with Crippen molar-refractivity contribution in [2.75, 3.05) is 0 Å². The number of rotatable bonds is 12. The van der Waals surface area contributed by atoms with Crippen LogP contribution in [0.1, 0.15) is 98.8 Å². The quantitative estimate of drug-likeness (QED) is 0.335. The van der Waals surface area contributed by atoms with Gasteiger partial charge in [0.25, 0.3) is 0 Å². The highest BCUT2D eigenvalue weighted by atomic mass is 14.2. The molecule has 0 aromatic rings. The first-order valence-corrected chi connectivity index (χ1v) is 8.57. The highest BCUT2D eigenvalue weighted by molar-refractivity contribution is 4.64. The van der Waals surface area contributed by atoms with Crippen molar-refractivity contribution in [3.8, 4) is 0 Å². The second-order valence-electron chi connectivity index (χ2n) is 6.85. The molecule has 0 heteroatoms. The van der Waals surface area contributed by atoms with E-state index in [1.807, 2.05) is 0 Å². The molecule has 0 bridgehead atoms. The highest BCUT2D eigenvalue weighted by Gasteiger charge is 2.12. The van der Waals surface area contributed by atoms with Crippen molar-refractivity contribution in [3.05, 3.63) is 0 Å². The Balaban J connectivity index is 3.32. The van der Waals surface area contributed by atoms with Gasteiger partial charge in [0.05, 0.1) is 0 Å². The van der Waals surface area contributed by atoms with Crippen LogP contribution in [0.2, 0.25) is 0 Å². The van der Waals surface area contributed by atoms with E-state index in [1.165, 1.54) is 64.2 Å². The smallest absolute Gasteiger partial charge is 0.0415 e. The topological polar surface area (TPSA) is 0 Å². The van der Waals surface area contributed by atoms with Gasteiger partial charge in [-0.05, 0) is 24.2 Å². The zero-order chi connectivity index (χ0) is 13.8. The third-order valence-electron chi connectivity index (χ3n) is 4.33. The first kappa shape index (κ1) is 18.0. The summed E-state index contributed by atoms with van der Waals surface area (Å²) in [7, 11) is 0. The summed E-state index contributed by atoms with van der Waals surface area (Å²) < 4.78 is 0. The van der Waals surface area contributed by atoms with Gasteiger partial charge in [-0.1, -0.05) is 92.4 Å². The minimum Gasteiger partial charge on any atom is -0.0654 e. The zero-order valence-electron chi connectivity index (χ0n) is 13.8. The van der Waals surface area contributed by atoms with Crippen LogP contribution >= 0.6 is 0 Å². The van der Waals surface area contributed by atoms with E-state index in [2.05, 4.69) is 34.6 Å². The highest BCUT2D eigenvalue weighted by Crippen LogP contribution is 2.24. The van der Waals surface area contributed by atoms with E-state index in [0.29, 0.717) is 0 Å². The first-order valence-electron chi connectivity index (χ1n) is 8.57. The molecular formula is C18H38. The molecule has 0 N–H and O–H groups in total. The lowest BCUT2D eigenvalue weighted by Crippen LogP contribution is -2.10.